The van der Waals surface area contributed by atoms with Gasteiger partial charge >= 0.3 is 0 Å². The van der Waals surface area contributed by atoms with Gasteiger partial charge in [0, 0.05) is 11.9 Å². The number of fused-ring (bicyclic) bond motifs is 5. The fourth-order valence-corrected chi connectivity index (χ4v) is 3.86. The van der Waals surface area contributed by atoms with Gasteiger partial charge in [0.2, 0.25) is 0 Å². The van der Waals surface area contributed by atoms with Crippen LogP contribution in [0.1, 0.15) is 41.3 Å². The quantitative estimate of drug-likeness (QED) is 0.922. The van der Waals surface area contributed by atoms with Gasteiger partial charge < -0.3 is 15.1 Å². The average molecular weight is 284 g/mol. The summed E-state index contributed by atoms with van der Waals surface area (Å²) >= 11 is 0. The van der Waals surface area contributed by atoms with Gasteiger partial charge in [0.1, 0.15) is 5.58 Å². The SMILES string of the molecule is NC(=O)c1cc2ccc([C@H]3CC4CCN(CC4)C3)cc2o1. The van der Waals surface area contributed by atoms with Gasteiger partial charge in [0.05, 0.1) is 0 Å². The largest absolute Gasteiger partial charge is 0.451 e. The summed E-state index contributed by atoms with van der Waals surface area (Å²) in [5.41, 5.74) is 7.38. The second kappa shape index (κ2) is 4.88. The predicted octanol–water partition coefficient (Wildman–Crippen LogP) is 2.73. The Morgan fingerprint density at radius 3 is 2.81 bits per heavy atom. The normalized spacial score (nSPS) is 28.7. The Morgan fingerprint density at radius 2 is 2.05 bits per heavy atom. The van der Waals surface area contributed by atoms with Gasteiger partial charge in [-0.05, 0) is 61.9 Å². The fraction of sp³-hybridized carbons (Fsp3) is 0.471. The Labute approximate surface area is 123 Å². The third-order valence-corrected chi connectivity index (χ3v) is 5.06. The van der Waals surface area contributed by atoms with E-state index in [0.29, 0.717) is 5.92 Å². The van der Waals surface area contributed by atoms with Crippen LogP contribution in [0.4, 0.5) is 0 Å². The summed E-state index contributed by atoms with van der Waals surface area (Å²) in [6.07, 6.45) is 3.95. The number of nitrogens with two attached hydrogens (primary N) is 1. The van der Waals surface area contributed by atoms with Gasteiger partial charge in [-0.15, -0.1) is 0 Å². The van der Waals surface area contributed by atoms with Crippen LogP contribution in [0, 0.1) is 5.92 Å². The maximum atomic E-state index is 11.2. The average Bonchev–Trinajstić information content (AvgIpc) is 2.68. The van der Waals surface area contributed by atoms with Crippen molar-refractivity contribution in [3.8, 4) is 0 Å². The first-order chi connectivity index (χ1) is 10.2. The molecule has 2 aromatic rings. The highest BCUT2D eigenvalue weighted by Gasteiger charge is 2.30. The Morgan fingerprint density at radius 1 is 1.24 bits per heavy atom. The van der Waals surface area contributed by atoms with Crippen LogP contribution in [0.2, 0.25) is 0 Å². The molecule has 5 rings (SSSR count). The molecule has 4 nitrogen and oxygen atoms in total. The van der Waals surface area contributed by atoms with Crippen LogP contribution in [-0.4, -0.2) is 30.4 Å². The van der Waals surface area contributed by atoms with E-state index < -0.39 is 5.91 Å². The summed E-state index contributed by atoms with van der Waals surface area (Å²) in [6, 6.07) is 8.04. The van der Waals surface area contributed by atoms with E-state index in [1.165, 1.54) is 37.9 Å². The number of nitrogens with zero attached hydrogens (tertiary/aromatic N) is 1. The zero-order valence-electron chi connectivity index (χ0n) is 12.0. The molecule has 2 bridgehead atoms. The van der Waals surface area contributed by atoms with Crippen LogP contribution in [-0.2, 0) is 0 Å². The van der Waals surface area contributed by atoms with Crippen LogP contribution in [0.25, 0.3) is 11.0 Å². The number of amides is 1. The van der Waals surface area contributed by atoms with E-state index in [9.17, 15) is 4.79 Å². The zero-order chi connectivity index (χ0) is 14.4. The van der Waals surface area contributed by atoms with Crippen molar-refractivity contribution in [2.24, 2.45) is 11.7 Å². The molecule has 0 spiro atoms. The standard InChI is InChI=1S/C17H20N2O2/c18-17(20)16-9-13-2-1-12(8-15(13)21-16)14-7-11-3-5-19(10-14)6-4-11/h1-2,8-9,11,14H,3-7,10H2,(H2,18,20)/t14-/m0/s1. The molecular weight excluding hydrogens is 264 g/mol. The molecule has 3 aliphatic heterocycles. The van der Waals surface area contributed by atoms with E-state index in [2.05, 4.69) is 17.0 Å². The molecule has 110 valence electrons. The van der Waals surface area contributed by atoms with Crippen LogP contribution < -0.4 is 5.73 Å². The summed E-state index contributed by atoms with van der Waals surface area (Å²) in [5.74, 6) is 1.17. The molecule has 1 atom stereocenters. The lowest BCUT2D eigenvalue weighted by molar-refractivity contribution is 0.0976. The van der Waals surface area contributed by atoms with Crippen molar-refractivity contribution in [2.75, 3.05) is 19.6 Å². The van der Waals surface area contributed by atoms with E-state index in [-0.39, 0.29) is 5.76 Å². The molecule has 2 N–H and O–H groups in total. The number of rotatable bonds is 2. The number of primary amides is 1. The summed E-state index contributed by atoms with van der Waals surface area (Å²) in [7, 11) is 0. The second-order valence-electron chi connectivity index (χ2n) is 6.45. The minimum atomic E-state index is -0.508. The van der Waals surface area contributed by atoms with Gasteiger partial charge in [-0.2, -0.15) is 0 Å². The summed E-state index contributed by atoms with van der Waals surface area (Å²) in [6.45, 7) is 3.64. The van der Waals surface area contributed by atoms with Gasteiger partial charge in [0.15, 0.2) is 5.76 Å². The van der Waals surface area contributed by atoms with E-state index in [0.717, 1.165) is 23.4 Å². The Hall–Kier alpha value is -1.81. The molecule has 3 fully saturated rings. The topological polar surface area (TPSA) is 59.5 Å². The summed E-state index contributed by atoms with van der Waals surface area (Å²) in [5, 5.41) is 0.949. The molecular formula is C17H20N2O2. The van der Waals surface area contributed by atoms with E-state index >= 15 is 0 Å². The van der Waals surface area contributed by atoms with E-state index in [1.54, 1.807) is 6.07 Å². The monoisotopic (exact) mass is 284 g/mol. The van der Waals surface area contributed by atoms with Gasteiger partial charge in [0.25, 0.3) is 5.91 Å². The molecule has 0 saturated carbocycles. The van der Waals surface area contributed by atoms with Crippen LogP contribution >= 0.6 is 0 Å². The molecule has 0 aliphatic carbocycles. The molecule has 4 heteroatoms. The summed E-state index contributed by atoms with van der Waals surface area (Å²) in [4.78, 5) is 13.8. The Kier molecular flexibility index (Phi) is 3.00. The lowest BCUT2D eigenvalue weighted by atomic mass is 9.87. The third-order valence-electron chi connectivity index (χ3n) is 5.06. The smallest absolute Gasteiger partial charge is 0.284 e. The van der Waals surface area contributed by atoms with Crippen molar-refractivity contribution in [3.63, 3.8) is 0 Å². The first-order valence-electron chi connectivity index (χ1n) is 7.75. The number of benzene rings is 1. The molecule has 1 aromatic heterocycles. The van der Waals surface area contributed by atoms with E-state index in [1.807, 2.05) is 6.07 Å². The summed E-state index contributed by atoms with van der Waals surface area (Å²) < 4.78 is 5.57. The molecule has 1 aromatic carbocycles. The van der Waals surface area contributed by atoms with Crippen molar-refractivity contribution < 1.29 is 9.21 Å². The number of piperidine rings is 1. The third kappa shape index (κ3) is 2.33. The zero-order valence-corrected chi connectivity index (χ0v) is 12.0. The second-order valence-corrected chi connectivity index (χ2v) is 6.45. The molecule has 0 radical (unpaired) electrons. The van der Waals surface area contributed by atoms with E-state index in [4.69, 9.17) is 10.2 Å². The first-order valence-corrected chi connectivity index (χ1v) is 7.75. The maximum absolute atomic E-state index is 11.2. The lowest BCUT2D eigenvalue weighted by Crippen LogP contribution is -2.31. The van der Waals surface area contributed by atoms with Crippen molar-refractivity contribution in [1.29, 1.82) is 0 Å². The fourth-order valence-electron chi connectivity index (χ4n) is 3.86. The molecule has 1 amide bonds. The minimum Gasteiger partial charge on any atom is -0.451 e. The van der Waals surface area contributed by atoms with Gasteiger partial charge in [-0.3, -0.25) is 4.79 Å². The molecule has 3 aliphatic rings. The minimum absolute atomic E-state index is 0.242. The predicted molar refractivity (Wildman–Crippen MR) is 81.3 cm³/mol. The lowest BCUT2D eigenvalue weighted by Gasteiger charge is -2.26. The van der Waals surface area contributed by atoms with Crippen molar-refractivity contribution in [1.82, 2.24) is 4.90 Å². The Bertz CT molecular complexity index is 669. The highest BCUT2D eigenvalue weighted by molar-refractivity contribution is 5.95. The van der Waals surface area contributed by atoms with Gasteiger partial charge in [-0.25, -0.2) is 0 Å². The van der Waals surface area contributed by atoms with Crippen molar-refractivity contribution in [2.45, 2.75) is 25.2 Å². The number of furan rings is 1. The number of hydrogen-bond donors (Lipinski definition) is 1. The maximum Gasteiger partial charge on any atom is 0.284 e. The Balaban J connectivity index is 1.68. The molecule has 3 saturated heterocycles. The molecule has 21 heavy (non-hydrogen) atoms. The highest BCUT2D eigenvalue weighted by Crippen LogP contribution is 2.36. The first kappa shape index (κ1) is 12.9. The van der Waals surface area contributed by atoms with Crippen molar-refractivity contribution in [3.05, 3.63) is 35.6 Å². The molecule has 0 unspecified atom stereocenters. The highest BCUT2D eigenvalue weighted by atomic mass is 16.3. The molecule has 4 heterocycles. The number of carbonyl (C=O) groups excluding carboxylic acids is 1. The van der Waals surface area contributed by atoms with Crippen LogP contribution in [0.5, 0.6) is 0 Å². The van der Waals surface area contributed by atoms with Crippen LogP contribution in [0.15, 0.2) is 28.7 Å². The number of carbonyl (C=O) groups is 1. The van der Waals surface area contributed by atoms with Gasteiger partial charge in [-0.1, -0.05) is 12.1 Å². The van der Waals surface area contributed by atoms with Crippen LogP contribution in [0.3, 0.4) is 0 Å². The number of hydrogen-bond acceptors (Lipinski definition) is 3. The van der Waals surface area contributed by atoms with Crippen molar-refractivity contribution >= 4 is 16.9 Å².